The summed E-state index contributed by atoms with van der Waals surface area (Å²) in [5.74, 6) is 0.414. The summed E-state index contributed by atoms with van der Waals surface area (Å²) in [4.78, 5) is 2.42. The molecule has 0 aromatic carbocycles. The molecule has 1 aliphatic heterocycles. The fourth-order valence-electron chi connectivity index (χ4n) is 3.46. The van der Waals surface area contributed by atoms with E-state index in [1.54, 1.807) is 0 Å². The Kier molecular flexibility index (Phi) is 4.05. The van der Waals surface area contributed by atoms with Crippen LogP contribution >= 0.6 is 0 Å². The molecule has 1 saturated carbocycles. The van der Waals surface area contributed by atoms with Gasteiger partial charge in [0.1, 0.15) is 0 Å². The fourth-order valence-corrected chi connectivity index (χ4v) is 3.46. The highest BCUT2D eigenvalue weighted by atomic mass is 16.3. The molecule has 2 N–H and O–H groups in total. The Morgan fingerprint density at radius 2 is 1.72 bits per heavy atom. The maximum atomic E-state index is 10.2. The van der Waals surface area contributed by atoms with Crippen LogP contribution in [0.3, 0.4) is 0 Å². The number of aliphatic hydroxyl groups is 2. The van der Waals surface area contributed by atoms with Gasteiger partial charge < -0.3 is 15.1 Å². The quantitative estimate of drug-likeness (QED) is 0.793. The van der Waals surface area contributed by atoms with E-state index in [1.807, 2.05) is 6.92 Å². The van der Waals surface area contributed by atoms with Crippen LogP contribution in [0.25, 0.3) is 0 Å². The van der Waals surface area contributed by atoms with Crippen LogP contribution in [0.1, 0.15) is 52.9 Å². The molecule has 0 amide bonds. The number of rotatable bonds is 2. The Bertz CT molecular complexity index is 278. The molecule has 0 spiro atoms. The molecule has 2 atom stereocenters. The lowest BCUT2D eigenvalue weighted by molar-refractivity contribution is -0.0320. The smallest absolute Gasteiger partial charge is 0.0644 e. The molecule has 18 heavy (non-hydrogen) atoms. The lowest BCUT2D eigenvalue weighted by Crippen LogP contribution is -2.47. The first-order valence-corrected chi connectivity index (χ1v) is 7.40. The molecule has 1 saturated heterocycles. The maximum absolute atomic E-state index is 10.2. The summed E-state index contributed by atoms with van der Waals surface area (Å²) >= 11 is 0. The van der Waals surface area contributed by atoms with Crippen molar-refractivity contribution in [2.75, 3.05) is 19.6 Å². The van der Waals surface area contributed by atoms with Gasteiger partial charge in [0.05, 0.1) is 11.7 Å². The van der Waals surface area contributed by atoms with Crippen molar-refractivity contribution in [2.24, 2.45) is 11.3 Å². The molecule has 1 aliphatic carbocycles. The zero-order chi connectivity index (χ0) is 13.4. The Morgan fingerprint density at radius 3 is 2.33 bits per heavy atom. The Balaban J connectivity index is 1.85. The Labute approximate surface area is 111 Å². The highest BCUT2D eigenvalue weighted by Gasteiger charge is 2.36. The van der Waals surface area contributed by atoms with Gasteiger partial charge in [0, 0.05) is 19.6 Å². The van der Waals surface area contributed by atoms with Crippen molar-refractivity contribution in [3.63, 3.8) is 0 Å². The lowest BCUT2D eigenvalue weighted by Gasteiger charge is -2.43. The Morgan fingerprint density at radius 1 is 1.11 bits per heavy atom. The van der Waals surface area contributed by atoms with Crippen LogP contribution in [0, 0.1) is 11.3 Å². The van der Waals surface area contributed by atoms with E-state index >= 15 is 0 Å². The number of nitrogens with zero attached hydrogens (tertiary/aromatic N) is 1. The van der Waals surface area contributed by atoms with E-state index in [-0.39, 0.29) is 6.10 Å². The lowest BCUT2D eigenvalue weighted by atomic mass is 9.70. The van der Waals surface area contributed by atoms with Crippen LogP contribution in [0.15, 0.2) is 0 Å². The van der Waals surface area contributed by atoms with Crippen LogP contribution in [-0.2, 0) is 0 Å². The van der Waals surface area contributed by atoms with E-state index in [0.29, 0.717) is 11.3 Å². The van der Waals surface area contributed by atoms with Crippen LogP contribution in [0.5, 0.6) is 0 Å². The standard InChI is InChI=1S/C15H29NO2/c1-14(2)5-4-13(17)12(10-14)11-16-8-6-15(3,18)7-9-16/h12-13,17-18H,4-11H2,1-3H3. The molecular formula is C15H29NO2. The van der Waals surface area contributed by atoms with Gasteiger partial charge in [-0.25, -0.2) is 0 Å². The molecule has 2 rings (SSSR count). The summed E-state index contributed by atoms with van der Waals surface area (Å²) in [5, 5.41) is 20.1. The second-order valence-electron chi connectivity index (χ2n) is 7.53. The Hall–Kier alpha value is -0.120. The highest BCUT2D eigenvalue weighted by Crippen LogP contribution is 2.39. The molecular weight excluding hydrogens is 226 g/mol. The summed E-state index contributed by atoms with van der Waals surface area (Å²) in [6, 6.07) is 0. The molecule has 3 nitrogen and oxygen atoms in total. The van der Waals surface area contributed by atoms with Gasteiger partial charge in [-0.05, 0) is 50.4 Å². The minimum atomic E-state index is -0.471. The number of likely N-dealkylation sites (tertiary alicyclic amines) is 1. The van der Waals surface area contributed by atoms with Gasteiger partial charge in [0.2, 0.25) is 0 Å². The minimum absolute atomic E-state index is 0.125. The van der Waals surface area contributed by atoms with Gasteiger partial charge in [-0.15, -0.1) is 0 Å². The second-order valence-corrected chi connectivity index (χ2v) is 7.53. The predicted molar refractivity (Wildman–Crippen MR) is 73.4 cm³/mol. The number of aliphatic hydroxyl groups excluding tert-OH is 1. The van der Waals surface area contributed by atoms with Gasteiger partial charge >= 0.3 is 0 Å². The first kappa shape index (κ1) is 14.3. The number of hydrogen-bond acceptors (Lipinski definition) is 3. The predicted octanol–water partition coefficient (Wildman–Crippen LogP) is 2.02. The summed E-state index contributed by atoms with van der Waals surface area (Å²) in [5.41, 5.74) is -0.0911. The summed E-state index contributed by atoms with van der Waals surface area (Å²) < 4.78 is 0. The molecule has 2 fully saturated rings. The fraction of sp³-hybridized carbons (Fsp3) is 1.00. The minimum Gasteiger partial charge on any atom is -0.393 e. The first-order valence-electron chi connectivity index (χ1n) is 7.40. The third-order valence-electron chi connectivity index (χ3n) is 4.90. The maximum Gasteiger partial charge on any atom is 0.0644 e. The third kappa shape index (κ3) is 3.69. The number of hydrogen-bond donors (Lipinski definition) is 2. The van der Waals surface area contributed by atoms with Crippen molar-refractivity contribution in [3.05, 3.63) is 0 Å². The van der Waals surface area contributed by atoms with Crippen molar-refractivity contribution in [1.29, 1.82) is 0 Å². The zero-order valence-electron chi connectivity index (χ0n) is 12.2. The van der Waals surface area contributed by atoms with Crippen LogP contribution < -0.4 is 0 Å². The SMILES string of the molecule is CC1(C)CCC(O)C(CN2CCC(C)(O)CC2)C1. The molecule has 0 aromatic rings. The van der Waals surface area contributed by atoms with Crippen LogP contribution in [0.4, 0.5) is 0 Å². The van der Waals surface area contributed by atoms with E-state index in [9.17, 15) is 10.2 Å². The second kappa shape index (κ2) is 5.10. The molecule has 0 bridgehead atoms. The average molecular weight is 255 g/mol. The molecule has 0 radical (unpaired) electrons. The van der Waals surface area contributed by atoms with Gasteiger partial charge in [0.15, 0.2) is 0 Å². The molecule has 106 valence electrons. The van der Waals surface area contributed by atoms with E-state index in [1.165, 1.54) is 0 Å². The topological polar surface area (TPSA) is 43.7 Å². The largest absolute Gasteiger partial charge is 0.393 e. The molecule has 3 heteroatoms. The number of piperidine rings is 1. The van der Waals surface area contributed by atoms with Gasteiger partial charge in [-0.3, -0.25) is 0 Å². The normalized spacial score (nSPS) is 36.5. The van der Waals surface area contributed by atoms with E-state index in [2.05, 4.69) is 18.7 Å². The zero-order valence-corrected chi connectivity index (χ0v) is 12.2. The molecule has 0 aromatic heterocycles. The average Bonchev–Trinajstić information content (AvgIpc) is 2.26. The summed E-state index contributed by atoms with van der Waals surface area (Å²) in [7, 11) is 0. The summed E-state index contributed by atoms with van der Waals surface area (Å²) in [6.07, 6.45) is 4.81. The van der Waals surface area contributed by atoms with Crippen molar-refractivity contribution < 1.29 is 10.2 Å². The van der Waals surface area contributed by atoms with Gasteiger partial charge in [0.25, 0.3) is 0 Å². The van der Waals surface area contributed by atoms with Crippen molar-refractivity contribution in [1.82, 2.24) is 4.90 Å². The van der Waals surface area contributed by atoms with Gasteiger partial charge in [-0.2, -0.15) is 0 Å². The van der Waals surface area contributed by atoms with Crippen molar-refractivity contribution in [2.45, 2.75) is 64.6 Å². The molecule has 2 unspecified atom stereocenters. The molecule has 1 heterocycles. The summed E-state index contributed by atoms with van der Waals surface area (Å²) in [6.45, 7) is 9.50. The first-order chi connectivity index (χ1) is 8.27. The third-order valence-corrected chi connectivity index (χ3v) is 4.90. The monoisotopic (exact) mass is 255 g/mol. The van der Waals surface area contributed by atoms with Crippen LogP contribution in [-0.4, -0.2) is 46.5 Å². The van der Waals surface area contributed by atoms with Gasteiger partial charge in [-0.1, -0.05) is 13.8 Å². The highest BCUT2D eigenvalue weighted by molar-refractivity contribution is 4.88. The van der Waals surface area contributed by atoms with Crippen molar-refractivity contribution >= 4 is 0 Å². The van der Waals surface area contributed by atoms with E-state index in [0.717, 1.165) is 51.7 Å². The van der Waals surface area contributed by atoms with E-state index in [4.69, 9.17) is 0 Å². The van der Waals surface area contributed by atoms with E-state index < -0.39 is 5.60 Å². The molecule has 2 aliphatic rings. The van der Waals surface area contributed by atoms with Crippen molar-refractivity contribution in [3.8, 4) is 0 Å². The van der Waals surface area contributed by atoms with Crippen LogP contribution in [0.2, 0.25) is 0 Å².